The van der Waals surface area contributed by atoms with Gasteiger partial charge in [-0.15, -0.1) is 10.2 Å². The average molecular weight is 496 g/mol. The first kappa shape index (κ1) is 21.9. The van der Waals surface area contributed by atoms with Crippen molar-refractivity contribution in [2.24, 2.45) is 0 Å². The lowest BCUT2D eigenvalue weighted by Gasteiger charge is -2.18. The van der Waals surface area contributed by atoms with Gasteiger partial charge in [-0.2, -0.15) is 0 Å². The van der Waals surface area contributed by atoms with Crippen molar-refractivity contribution in [3.63, 3.8) is 0 Å². The van der Waals surface area contributed by atoms with E-state index in [1.165, 1.54) is 11.8 Å². The number of nitrogens with zero attached hydrogens (tertiary/aromatic N) is 4. The summed E-state index contributed by atoms with van der Waals surface area (Å²) in [4.78, 5) is 17.3. The van der Waals surface area contributed by atoms with Gasteiger partial charge in [-0.05, 0) is 48.7 Å². The van der Waals surface area contributed by atoms with Gasteiger partial charge in [-0.25, -0.2) is 0 Å². The molecular weight excluding hydrogens is 477 g/mol. The van der Waals surface area contributed by atoms with Crippen LogP contribution in [-0.4, -0.2) is 31.7 Å². The molecule has 5 rings (SSSR count). The van der Waals surface area contributed by atoms with Gasteiger partial charge in [0.15, 0.2) is 11.0 Å². The SMILES string of the molecule is O=C(NC1CC1)[C@H](Sc1nnc(-c2ccncc2)n1-c1ccc(Cl)c(Cl)c1)c1ccccc1. The summed E-state index contributed by atoms with van der Waals surface area (Å²) in [5, 5.41) is 13.0. The van der Waals surface area contributed by atoms with Gasteiger partial charge >= 0.3 is 0 Å². The first-order valence-corrected chi connectivity index (χ1v) is 12.1. The summed E-state index contributed by atoms with van der Waals surface area (Å²) in [5.74, 6) is 0.579. The average Bonchev–Trinajstić information content (AvgIpc) is 3.56. The van der Waals surface area contributed by atoms with E-state index < -0.39 is 5.25 Å². The highest BCUT2D eigenvalue weighted by atomic mass is 35.5. The lowest BCUT2D eigenvalue weighted by Crippen LogP contribution is -2.29. The first-order chi connectivity index (χ1) is 16.1. The molecule has 2 aromatic heterocycles. The summed E-state index contributed by atoms with van der Waals surface area (Å²) in [6.07, 6.45) is 5.44. The number of hydrogen-bond donors (Lipinski definition) is 1. The minimum absolute atomic E-state index is 0.0390. The van der Waals surface area contributed by atoms with E-state index in [1.807, 2.05) is 53.1 Å². The van der Waals surface area contributed by atoms with Gasteiger partial charge in [-0.1, -0.05) is 65.3 Å². The maximum absolute atomic E-state index is 13.2. The van der Waals surface area contributed by atoms with Crippen molar-refractivity contribution in [2.45, 2.75) is 29.3 Å². The molecule has 6 nitrogen and oxygen atoms in total. The number of rotatable bonds is 7. The molecule has 2 aromatic carbocycles. The quantitative estimate of drug-likeness (QED) is 0.330. The number of thioether (sulfide) groups is 1. The van der Waals surface area contributed by atoms with Crippen LogP contribution in [0.3, 0.4) is 0 Å². The van der Waals surface area contributed by atoms with Crippen LogP contribution in [0.4, 0.5) is 0 Å². The minimum atomic E-state index is -0.484. The molecule has 33 heavy (non-hydrogen) atoms. The van der Waals surface area contributed by atoms with E-state index in [-0.39, 0.29) is 11.9 Å². The molecule has 9 heteroatoms. The highest BCUT2D eigenvalue weighted by Gasteiger charge is 2.31. The van der Waals surface area contributed by atoms with Crippen molar-refractivity contribution in [3.8, 4) is 17.1 Å². The molecule has 1 atom stereocenters. The Morgan fingerprint density at radius 3 is 2.45 bits per heavy atom. The van der Waals surface area contributed by atoms with Crippen LogP contribution < -0.4 is 5.32 Å². The number of benzene rings is 2. The second-order valence-corrected chi connectivity index (χ2v) is 9.55. The molecule has 1 aliphatic rings. The van der Waals surface area contributed by atoms with Crippen molar-refractivity contribution in [1.82, 2.24) is 25.1 Å². The van der Waals surface area contributed by atoms with Crippen LogP contribution in [0.2, 0.25) is 10.0 Å². The smallest absolute Gasteiger partial charge is 0.238 e. The third-order valence-corrected chi connectivity index (χ3v) is 7.16. The van der Waals surface area contributed by atoms with E-state index in [2.05, 4.69) is 20.5 Å². The third-order valence-electron chi connectivity index (χ3n) is 5.22. The molecule has 1 amide bonds. The maximum Gasteiger partial charge on any atom is 0.238 e. The molecule has 1 saturated carbocycles. The number of carbonyl (C=O) groups is 1. The second-order valence-electron chi connectivity index (χ2n) is 7.67. The van der Waals surface area contributed by atoms with Crippen LogP contribution in [0.5, 0.6) is 0 Å². The van der Waals surface area contributed by atoms with E-state index in [4.69, 9.17) is 23.2 Å². The molecule has 1 N–H and O–H groups in total. The fourth-order valence-electron chi connectivity index (χ4n) is 3.40. The van der Waals surface area contributed by atoms with E-state index in [1.54, 1.807) is 24.5 Å². The topological polar surface area (TPSA) is 72.7 Å². The van der Waals surface area contributed by atoms with Gasteiger partial charge in [0, 0.05) is 24.0 Å². The second kappa shape index (κ2) is 9.55. The first-order valence-electron chi connectivity index (χ1n) is 10.4. The lowest BCUT2D eigenvalue weighted by molar-refractivity contribution is -0.120. The lowest BCUT2D eigenvalue weighted by atomic mass is 10.1. The normalized spacial score (nSPS) is 14.1. The summed E-state index contributed by atoms with van der Waals surface area (Å²) < 4.78 is 1.89. The van der Waals surface area contributed by atoms with E-state index in [0.29, 0.717) is 21.0 Å². The molecule has 0 saturated heterocycles. The fourth-order valence-corrected chi connectivity index (χ4v) is 4.76. The fraction of sp³-hybridized carbons (Fsp3) is 0.167. The predicted octanol–water partition coefficient (Wildman–Crippen LogP) is 5.75. The Kier molecular flexibility index (Phi) is 6.35. The monoisotopic (exact) mass is 495 g/mol. The number of aromatic nitrogens is 4. The number of nitrogens with one attached hydrogen (secondary N) is 1. The molecule has 0 aliphatic heterocycles. The van der Waals surface area contributed by atoms with E-state index in [9.17, 15) is 4.79 Å². The van der Waals surface area contributed by atoms with E-state index in [0.717, 1.165) is 29.7 Å². The van der Waals surface area contributed by atoms with Crippen LogP contribution in [0.25, 0.3) is 17.1 Å². The molecule has 166 valence electrons. The zero-order chi connectivity index (χ0) is 22.8. The Balaban J connectivity index is 1.59. The van der Waals surface area contributed by atoms with Crippen molar-refractivity contribution in [2.75, 3.05) is 0 Å². The standard InChI is InChI=1S/C24H19Cl2N5OS/c25-19-9-8-18(14-20(19)26)31-22(16-10-12-27-13-11-16)29-30-24(31)33-21(15-4-2-1-3-5-15)23(32)28-17-6-7-17/h1-5,8-14,17,21H,6-7H2,(H,28,32)/t21-/m1/s1. The third kappa shape index (κ3) is 4.90. The number of pyridine rings is 1. The summed E-state index contributed by atoms with van der Waals surface area (Å²) in [5.41, 5.74) is 2.49. The Morgan fingerprint density at radius 2 is 1.76 bits per heavy atom. The summed E-state index contributed by atoms with van der Waals surface area (Å²) in [7, 11) is 0. The Morgan fingerprint density at radius 1 is 1.00 bits per heavy atom. The van der Waals surface area contributed by atoms with Crippen molar-refractivity contribution < 1.29 is 4.79 Å². The summed E-state index contributed by atoms with van der Waals surface area (Å²) >= 11 is 13.8. The Hall–Kier alpha value is -2.87. The number of carbonyl (C=O) groups excluding carboxylic acids is 1. The molecule has 0 unspecified atom stereocenters. The highest BCUT2D eigenvalue weighted by Crippen LogP contribution is 2.39. The minimum Gasteiger partial charge on any atom is -0.352 e. The number of halogens is 2. The van der Waals surface area contributed by atoms with Crippen LogP contribution in [-0.2, 0) is 4.79 Å². The maximum atomic E-state index is 13.2. The molecule has 0 bridgehead atoms. The van der Waals surface area contributed by atoms with Crippen LogP contribution in [0.15, 0.2) is 78.2 Å². The molecule has 4 aromatic rings. The van der Waals surface area contributed by atoms with Crippen molar-refractivity contribution >= 4 is 40.9 Å². The predicted molar refractivity (Wildman–Crippen MR) is 131 cm³/mol. The van der Waals surface area contributed by atoms with Gasteiger partial charge in [0.1, 0.15) is 5.25 Å². The van der Waals surface area contributed by atoms with Gasteiger partial charge in [0.05, 0.1) is 15.7 Å². The Bertz CT molecular complexity index is 1280. The highest BCUT2D eigenvalue weighted by molar-refractivity contribution is 8.00. The van der Waals surface area contributed by atoms with Crippen molar-refractivity contribution in [3.05, 3.63) is 88.7 Å². The molecule has 2 heterocycles. The molecule has 0 spiro atoms. The molecule has 1 fully saturated rings. The molecular formula is C24H19Cl2N5OS. The number of hydrogen-bond acceptors (Lipinski definition) is 5. The zero-order valence-electron chi connectivity index (χ0n) is 17.4. The van der Waals surface area contributed by atoms with Gasteiger partial charge in [0.25, 0.3) is 0 Å². The van der Waals surface area contributed by atoms with Gasteiger partial charge in [0.2, 0.25) is 5.91 Å². The Labute approximate surface area is 205 Å². The van der Waals surface area contributed by atoms with Gasteiger partial charge < -0.3 is 5.32 Å². The van der Waals surface area contributed by atoms with Gasteiger partial charge in [-0.3, -0.25) is 14.3 Å². The molecule has 0 radical (unpaired) electrons. The summed E-state index contributed by atoms with van der Waals surface area (Å²) in [6.45, 7) is 0. The van der Waals surface area contributed by atoms with Crippen LogP contribution in [0, 0.1) is 0 Å². The van der Waals surface area contributed by atoms with Crippen LogP contribution in [0.1, 0.15) is 23.7 Å². The number of amides is 1. The van der Waals surface area contributed by atoms with Crippen LogP contribution >= 0.6 is 35.0 Å². The zero-order valence-corrected chi connectivity index (χ0v) is 19.7. The molecule has 1 aliphatic carbocycles. The largest absolute Gasteiger partial charge is 0.352 e. The van der Waals surface area contributed by atoms with Crippen molar-refractivity contribution in [1.29, 1.82) is 0 Å². The summed E-state index contributed by atoms with van der Waals surface area (Å²) in [6, 6.07) is 19.0. The van der Waals surface area contributed by atoms with E-state index >= 15 is 0 Å².